The van der Waals surface area contributed by atoms with Crippen molar-refractivity contribution in [2.45, 2.75) is 19.9 Å². The Morgan fingerprint density at radius 1 is 1.41 bits per heavy atom. The number of carboxylic acids is 1. The molecule has 0 aliphatic rings. The highest BCUT2D eigenvalue weighted by atomic mass is 127. The first-order chi connectivity index (χ1) is 10.4. The van der Waals surface area contributed by atoms with Crippen LogP contribution in [0, 0.1) is 9.52 Å². The maximum atomic E-state index is 14.5. The molecule has 0 saturated carbocycles. The molecule has 0 saturated heterocycles. The molecule has 1 aromatic carbocycles. The lowest BCUT2D eigenvalue weighted by Crippen LogP contribution is -2.04. The number of hydrogen-bond acceptors (Lipinski definition) is 3. The van der Waals surface area contributed by atoms with Crippen molar-refractivity contribution in [1.82, 2.24) is 19.6 Å². The molecule has 8 heteroatoms. The SMILES string of the molecule is CC(C)n1nc(I)c2cc(-n3cc(C(=O)O)cn3)cc(F)c21. The van der Waals surface area contributed by atoms with E-state index in [4.69, 9.17) is 5.11 Å². The number of carbonyl (C=O) groups is 1. The predicted molar refractivity (Wildman–Crippen MR) is 86.9 cm³/mol. The monoisotopic (exact) mass is 414 g/mol. The molecule has 0 fully saturated rings. The quantitative estimate of drug-likeness (QED) is 0.668. The van der Waals surface area contributed by atoms with Crippen LogP contribution in [0.1, 0.15) is 30.2 Å². The summed E-state index contributed by atoms with van der Waals surface area (Å²) in [5, 5.41) is 17.9. The highest BCUT2D eigenvalue weighted by molar-refractivity contribution is 14.1. The Bertz CT molecular complexity index is 884. The van der Waals surface area contributed by atoms with E-state index in [0.29, 0.717) is 20.3 Å². The van der Waals surface area contributed by atoms with E-state index in [1.165, 1.54) is 23.1 Å². The second-order valence-electron chi connectivity index (χ2n) is 5.13. The molecule has 3 aromatic rings. The molecular formula is C14H12FIN4O2. The second-order valence-corrected chi connectivity index (χ2v) is 6.15. The minimum Gasteiger partial charge on any atom is -0.478 e. The van der Waals surface area contributed by atoms with Crippen molar-refractivity contribution in [2.75, 3.05) is 0 Å². The molecule has 0 radical (unpaired) electrons. The summed E-state index contributed by atoms with van der Waals surface area (Å²) in [4.78, 5) is 10.9. The highest BCUT2D eigenvalue weighted by Gasteiger charge is 2.17. The minimum atomic E-state index is -1.07. The summed E-state index contributed by atoms with van der Waals surface area (Å²) in [6.07, 6.45) is 2.58. The highest BCUT2D eigenvalue weighted by Crippen LogP contribution is 2.28. The molecule has 2 heterocycles. The minimum absolute atomic E-state index is 0.0367. The Hall–Kier alpha value is -1.97. The number of fused-ring (bicyclic) bond motifs is 1. The molecule has 0 amide bonds. The number of benzene rings is 1. The van der Waals surface area contributed by atoms with E-state index >= 15 is 0 Å². The Morgan fingerprint density at radius 3 is 2.73 bits per heavy atom. The largest absolute Gasteiger partial charge is 0.478 e. The van der Waals surface area contributed by atoms with Gasteiger partial charge in [0.05, 0.1) is 17.4 Å². The van der Waals surface area contributed by atoms with Gasteiger partial charge >= 0.3 is 5.97 Å². The summed E-state index contributed by atoms with van der Waals surface area (Å²) < 4.78 is 18.2. The topological polar surface area (TPSA) is 72.9 Å². The number of aromatic carboxylic acids is 1. The van der Waals surface area contributed by atoms with Gasteiger partial charge in [0.1, 0.15) is 9.22 Å². The Labute approximate surface area is 138 Å². The van der Waals surface area contributed by atoms with Crippen LogP contribution >= 0.6 is 22.6 Å². The average molecular weight is 414 g/mol. The Morgan fingerprint density at radius 2 is 2.14 bits per heavy atom. The number of halogens is 2. The zero-order valence-electron chi connectivity index (χ0n) is 11.8. The van der Waals surface area contributed by atoms with E-state index in [1.54, 1.807) is 10.7 Å². The summed E-state index contributed by atoms with van der Waals surface area (Å²) in [5.41, 5.74) is 0.945. The first-order valence-corrected chi connectivity index (χ1v) is 7.62. The first-order valence-electron chi connectivity index (χ1n) is 6.54. The van der Waals surface area contributed by atoms with Crippen molar-refractivity contribution in [3.8, 4) is 5.69 Å². The molecule has 0 bridgehead atoms. The molecular weight excluding hydrogens is 402 g/mol. The lowest BCUT2D eigenvalue weighted by molar-refractivity contribution is 0.0697. The van der Waals surface area contributed by atoms with Crippen LogP contribution in [0.3, 0.4) is 0 Å². The van der Waals surface area contributed by atoms with Gasteiger partial charge in [-0.25, -0.2) is 13.9 Å². The van der Waals surface area contributed by atoms with E-state index < -0.39 is 11.8 Å². The summed E-state index contributed by atoms with van der Waals surface area (Å²) in [6, 6.07) is 3.12. The van der Waals surface area contributed by atoms with Gasteiger partial charge in [-0.15, -0.1) is 0 Å². The lowest BCUT2D eigenvalue weighted by Gasteiger charge is -2.08. The van der Waals surface area contributed by atoms with Crippen LogP contribution in [-0.4, -0.2) is 30.6 Å². The van der Waals surface area contributed by atoms with Gasteiger partial charge in [-0.3, -0.25) is 4.68 Å². The standard InChI is InChI=1S/C14H12FIN4O2/c1-7(2)20-12-10(13(16)18-20)3-9(4-11(12)15)19-6-8(5-17-19)14(21)22/h3-7H,1-2H3,(H,21,22). The molecule has 3 rings (SSSR count). The summed E-state index contributed by atoms with van der Waals surface area (Å²) in [6.45, 7) is 3.87. The number of aromatic nitrogens is 4. The van der Waals surface area contributed by atoms with Gasteiger partial charge in [0.2, 0.25) is 0 Å². The molecule has 114 valence electrons. The normalized spacial score (nSPS) is 11.5. The van der Waals surface area contributed by atoms with E-state index in [0.717, 1.165) is 0 Å². The van der Waals surface area contributed by atoms with E-state index in [1.807, 2.05) is 13.8 Å². The average Bonchev–Trinajstić information content (AvgIpc) is 3.04. The molecule has 0 atom stereocenters. The summed E-state index contributed by atoms with van der Waals surface area (Å²) in [5.74, 6) is -1.49. The molecule has 1 N–H and O–H groups in total. The van der Waals surface area contributed by atoms with Gasteiger partial charge in [0, 0.05) is 23.7 Å². The van der Waals surface area contributed by atoms with Gasteiger partial charge in [0.25, 0.3) is 0 Å². The van der Waals surface area contributed by atoms with Gasteiger partial charge in [-0.05, 0) is 42.5 Å². The van der Waals surface area contributed by atoms with Crippen LogP contribution in [0.5, 0.6) is 0 Å². The zero-order chi connectivity index (χ0) is 16.0. The molecule has 0 aliphatic carbocycles. The summed E-state index contributed by atoms with van der Waals surface area (Å²) >= 11 is 2.06. The second kappa shape index (κ2) is 5.34. The van der Waals surface area contributed by atoms with Crippen LogP contribution in [0.2, 0.25) is 0 Å². The molecule has 22 heavy (non-hydrogen) atoms. The third-order valence-electron chi connectivity index (χ3n) is 3.28. The Balaban J connectivity index is 2.20. The number of nitrogens with zero attached hydrogens (tertiary/aromatic N) is 4. The van der Waals surface area contributed by atoms with Crippen molar-refractivity contribution < 1.29 is 14.3 Å². The van der Waals surface area contributed by atoms with Gasteiger partial charge in [-0.2, -0.15) is 10.2 Å². The summed E-state index contributed by atoms with van der Waals surface area (Å²) in [7, 11) is 0. The predicted octanol–water partition coefficient (Wildman–Crippen LogP) is 3.24. The van der Waals surface area contributed by atoms with Crippen LogP contribution in [0.15, 0.2) is 24.5 Å². The van der Waals surface area contributed by atoms with Crippen LogP contribution in [0.4, 0.5) is 4.39 Å². The van der Waals surface area contributed by atoms with Crippen molar-refractivity contribution in [1.29, 1.82) is 0 Å². The van der Waals surface area contributed by atoms with Gasteiger partial charge in [0.15, 0.2) is 5.82 Å². The van der Waals surface area contributed by atoms with Crippen molar-refractivity contribution >= 4 is 39.5 Å². The van der Waals surface area contributed by atoms with E-state index in [2.05, 4.69) is 32.8 Å². The fraction of sp³-hybridized carbons (Fsp3) is 0.214. The molecule has 0 spiro atoms. The van der Waals surface area contributed by atoms with Crippen LogP contribution in [-0.2, 0) is 0 Å². The van der Waals surface area contributed by atoms with Crippen LogP contribution in [0.25, 0.3) is 16.6 Å². The van der Waals surface area contributed by atoms with Gasteiger partial charge < -0.3 is 5.11 Å². The van der Waals surface area contributed by atoms with Crippen molar-refractivity contribution in [3.05, 3.63) is 39.6 Å². The molecule has 0 unspecified atom stereocenters. The molecule has 2 aromatic heterocycles. The number of rotatable bonds is 3. The van der Waals surface area contributed by atoms with E-state index in [9.17, 15) is 9.18 Å². The number of hydrogen-bond donors (Lipinski definition) is 1. The molecule has 6 nitrogen and oxygen atoms in total. The lowest BCUT2D eigenvalue weighted by atomic mass is 10.2. The molecule has 0 aliphatic heterocycles. The first kappa shape index (κ1) is 14.9. The van der Waals surface area contributed by atoms with Gasteiger partial charge in [-0.1, -0.05) is 0 Å². The maximum Gasteiger partial charge on any atom is 0.338 e. The van der Waals surface area contributed by atoms with Crippen LogP contribution < -0.4 is 0 Å². The maximum absolute atomic E-state index is 14.5. The van der Waals surface area contributed by atoms with E-state index in [-0.39, 0.29) is 11.6 Å². The zero-order valence-corrected chi connectivity index (χ0v) is 13.9. The Kier molecular flexibility index (Phi) is 3.63. The number of carboxylic acid groups (broad SMARTS) is 1. The fourth-order valence-electron chi connectivity index (χ4n) is 2.25. The third kappa shape index (κ3) is 2.36. The fourth-order valence-corrected chi connectivity index (χ4v) is 2.90. The smallest absolute Gasteiger partial charge is 0.338 e. The van der Waals surface area contributed by atoms with Crippen molar-refractivity contribution in [2.24, 2.45) is 0 Å². The van der Waals surface area contributed by atoms with Crippen molar-refractivity contribution in [3.63, 3.8) is 0 Å². The third-order valence-corrected chi connectivity index (χ3v) is 4.08.